The van der Waals surface area contributed by atoms with Gasteiger partial charge in [-0.05, 0) is 43.3 Å². The lowest BCUT2D eigenvalue weighted by atomic mass is 10.2. The molecule has 9 heteroatoms. The van der Waals surface area contributed by atoms with Crippen molar-refractivity contribution in [3.8, 4) is 17.1 Å². The van der Waals surface area contributed by atoms with E-state index in [-0.39, 0.29) is 25.0 Å². The second kappa shape index (κ2) is 10.6. The van der Waals surface area contributed by atoms with Crippen LogP contribution in [0.5, 0.6) is 5.75 Å². The maximum atomic E-state index is 13.0. The van der Waals surface area contributed by atoms with Crippen molar-refractivity contribution in [3.05, 3.63) is 76.8 Å². The van der Waals surface area contributed by atoms with E-state index in [0.29, 0.717) is 39.4 Å². The molecule has 0 saturated heterocycles. The van der Waals surface area contributed by atoms with E-state index in [2.05, 4.69) is 10.6 Å². The van der Waals surface area contributed by atoms with Crippen LogP contribution in [0.2, 0.25) is 10.0 Å². The lowest BCUT2D eigenvalue weighted by Crippen LogP contribution is -2.28. The molecule has 0 fully saturated rings. The van der Waals surface area contributed by atoms with Gasteiger partial charge in [0, 0.05) is 23.9 Å². The molecular weight excluding hydrogens is 475 g/mol. The van der Waals surface area contributed by atoms with Gasteiger partial charge in [0.2, 0.25) is 5.91 Å². The second-order valence-corrected chi connectivity index (χ2v) is 8.22. The topological polar surface area (TPSA) is 85.3 Å². The predicted molar refractivity (Wildman–Crippen MR) is 134 cm³/mol. The van der Waals surface area contributed by atoms with Gasteiger partial charge in [0.1, 0.15) is 18.1 Å². The fourth-order valence-corrected chi connectivity index (χ4v) is 3.91. The predicted octanol–water partition coefficient (Wildman–Crippen LogP) is 5.16. The number of benzene rings is 3. The molecule has 0 bridgehead atoms. The zero-order chi connectivity index (χ0) is 24.1. The summed E-state index contributed by atoms with van der Waals surface area (Å²) in [5.41, 5.74) is 2.72. The van der Waals surface area contributed by atoms with Crippen LogP contribution in [0.1, 0.15) is 6.92 Å². The van der Waals surface area contributed by atoms with Crippen LogP contribution in [0.15, 0.2) is 66.7 Å². The molecule has 0 aliphatic rings. The number of halogens is 2. The van der Waals surface area contributed by atoms with E-state index in [9.17, 15) is 9.59 Å². The fraction of sp³-hybridized carbons (Fsp3) is 0.160. The Morgan fingerprint density at radius 3 is 2.62 bits per heavy atom. The number of rotatable bonds is 8. The largest absolute Gasteiger partial charge is 0.484 e. The summed E-state index contributed by atoms with van der Waals surface area (Å²) >= 11 is 12.7. The van der Waals surface area contributed by atoms with Gasteiger partial charge in [-0.25, -0.2) is 4.98 Å². The molecule has 0 unspecified atom stereocenters. The van der Waals surface area contributed by atoms with Crippen LogP contribution in [0.25, 0.3) is 22.4 Å². The van der Waals surface area contributed by atoms with Crippen LogP contribution in [-0.4, -0.2) is 34.5 Å². The molecule has 0 saturated carbocycles. The second-order valence-electron chi connectivity index (χ2n) is 7.43. The third kappa shape index (κ3) is 5.32. The van der Waals surface area contributed by atoms with Crippen molar-refractivity contribution in [2.75, 3.05) is 18.5 Å². The number of likely N-dealkylation sites (N-methyl/N-ethyl adjacent to an activating group) is 1. The Balaban J connectivity index is 1.56. The normalized spacial score (nSPS) is 10.8. The Bertz CT molecular complexity index is 1350. The minimum atomic E-state index is -0.261. The van der Waals surface area contributed by atoms with E-state index in [1.54, 1.807) is 41.0 Å². The van der Waals surface area contributed by atoms with E-state index >= 15 is 0 Å². The summed E-state index contributed by atoms with van der Waals surface area (Å²) in [5, 5.41) is 6.33. The Labute approximate surface area is 206 Å². The molecule has 2 amide bonds. The molecule has 34 heavy (non-hydrogen) atoms. The number of ether oxygens (including phenoxy) is 1. The number of imidazole rings is 1. The number of carbonyl (C=O) groups excluding carboxylic acids is 2. The van der Waals surface area contributed by atoms with E-state index in [1.165, 1.54) is 0 Å². The number of anilines is 1. The van der Waals surface area contributed by atoms with Gasteiger partial charge >= 0.3 is 0 Å². The van der Waals surface area contributed by atoms with Gasteiger partial charge in [-0.15, -0.1) is 0 Å². The summed E-state index contributed by atoms with van der Waals surface area (Å²) in [6.07, 6.45) is 0. The van der Waals surface area contributed by atoms with Gasteiger partial charge in [0.05, 0.1) is 21.1 Å². The van der Waals surface area contributed by atoms with Gasteiger partial charge in [-0.3, -0.25) is 9.59 Å². The van der Waals surface area contributed by atoms with Crippen LogP contribution in [0.4, 0.5) is 5.69 Å². The maximum absolute atomic E-state index is 13.0. The minimum Gasteiger partial charge on any atom is -0.484 e. The Kier molecular flexibility index (Phi) is 7.35. The van der Waals surface area contributed by atoms with Crippen molar-refractivity contribution in [2.24, 2.45) is 0 Å². The van der Waals surface area contributed by atoms with Gasteiger partial charge in [-0.1, -0.05) is 47.5 Å². The van der Waals surface area contributed by atoms with Crippen LogP contribution in [0.3, 0.4) is 0 Å². The molecule has 4 aromatic rings. The summed E-state index contributed by atoms with van der Waals surface area (Å²) in [6, 6.07) is 19.7. The number of aromatic nitrogens is 2. The van der Waals surface area contributed by atoms with Crippen molar-refractivity contribution < 1.29 is 14.3 Å². The summed E-state index contributed by atoms with van der Waals surface area (Å²) in [6.45, 7) is 2.27. The third-order valence-electron chi connectivity index (χ3n) is 5.01. The molecule has 0 radical (unpaired) electrons. The quantitative estimate of drug-likeness (QED) is 0.352. The van der Waals surface area contributed by atoms with Crippen molar-refractivity contribution in [2.45, 2.75) is 13.5 Å². The molecule has 1 aromatic heterocycles. The average Bonchev–Trinajstić information content (AvgIpc) is 3.18. The Morgan fingerprint density at radius 2 is 1.79 bits per heavy atom. The first-order valence-corrected chi connectivity index (χ1v) is 11.4. The molecule has 4 rings (SSSR count). The molecule has 0 atom stereocenters. The average molecular weight is 497 g/mol. The van der Waals surface area contributed by atoms with Crippen LogP contribution < -0.4 is 15.4 Å². The van der Waals surface area contributed by atoms with E-state index in [4.69, 9.17) is 32.9 Å². The number of hydrogen-bond acceptors (Lipinski definition) is 4. The first-order chi connectivity index (χ1) is 16.5. The third-order valence-corrected chi connectivity index (χ3v) is 5.83. The molecule has 1 heterocycles. The SMILES string of the molecule is CCNC(=O)COc1cccc(NC(=O)Cn2c(-c3cccc(Cl)c3Cl)nc3ccccc32)c1. The van der Waals surface area contributed by atoms with Crippen LogP contribution in [-0.2, 0) is 16.1 Å². The highest BCUT2D eigenvalue weighted by Crippen LogP contribution is 2.34. The molecule has 0 aliphatic heterocycles. The zero-order valence-electron chi connectivity index (χ0n) is 18.3. The van der Waals surface area contributed by atoms with Crippen LogP contribution in [0, 0.1) is 0 Å². The summed E-state index contributed by atoms with van der Waals surface area (Å²) in [5.74, 6) is 0.547. The maximum Gasteiger partial charge on any atom is 0.257 e. The number of nitrogens with zero attached hydrogens (tertiary/aromatic N) is 2. The Hall–Kier alpha value is -3.55. The lowest BCUT2D eigenvalue weighted by molar-refractivity contribution is -0.123. The molecular formula is C25H22Cl2N4O3. The summed E-state index contributed by atoms with van der Waals surface area (Å²) in [7, 11) is 0. The number of amides is 2. The molecule has 3 aromatic carbocycles. The number of para-hydroxylation sites is 2. The summed E-state index contributed by atoms with van der Waals surface area (Å²) in [4.78, 5) is 29.3. The smallest absolute Gasteiger partial charge is 0.257 e. The first-order valence-electron chi connectivity index (χ1n) is 10.7. The highest BCUT2D eigenvalue weighted by molar-refractivity contribution is 6.43. The monoisotopic (exact) mass is 496 g/mol. The highest BCUT2D eigenvalue weighted by Gasteiger charge is 2.18. The van der Waals surface area contributed by atoms with E-state index in [0.717, 1.165) is 11.0 Å². The minimum absolute atomic E-state index is 0.00266. The molecule has 174 valence electrons. The lowest BCUT2D eigenvalue weighted by Gasteiger charge is -2.12. The number of nitrogens with one attached hydrogen (secondary N) is 2. The van der Waals surface area contributed by atoms with Crippen molar-refractivity contribution >= 4 is 51.7 Å². The zero-order valence-corrected chi connectivity index (χ0v) is 19.9. The molecule has 0 spiro atoms. The fourth-order valence-electron chi connectivity index (χ4n) is 3.52. The molecule has 0 aliphatic carbocycles. The summed E-state index contributed by atoms with van der Waals surface area (Å²) < 4.78 is 7.30. The van der Waals surface area contributed by atoms with E-state index in [1.807, 2.05) is 37.3 Å². The van der Waals surface area contributed by atoms with Crippen LogP contribution >= 0.6 is 23.2 Å². The van der Waals surface area contributed by atoms with Gasteiger partial charge in [0.25, 0.3) is 5.91 Å². The van der Waals surface area contributed by atoms with Gasteiger partial charge in [0.15, 0.2) is 6.61 Å². The van der Waals surface area contributed by atoms with Crippen molar-refractivity contribution in [1.29, 1.82) is 0 Å². The number of carbonyl (C=O) groups is 2. The van der Waals surface area contributed by atoms with E-state index < -0.39 is 0 Å². The number of fused-ring (bicyclic) bond motifs is 1. The Morgan fingerprint density at radius 1 is 1.00 bits per heavy atom. The van der Waals surface area contributed by atoms with Crippen molar-refractivity contribution in [1.82, 2.24) is 14.9 Å². The van der Waals surface area contributed by atoms with Gasteiger partial charge in [-0.2, -0.15) is 0 Å². The highest BCUT2D eigenvalue weighted by atomic mass is 35.5. The van der Waals surface area contributed by atoms with Gasteiger partial charge < -0.3 is 19.9 Å². The number of hydrogen-bond donors (Lipinski definition) is 2. The van der Waals surface area contributed by atoms with Crippen molar-refractivity contribution in [3.63, 3.8) is 0 Å². The standard InChI is InChI=1S/C25H22Cl2N4O3/c1-2-28-23(33)15-34-17-8-5-7-16(13-17)29-22(32)14-31-21-12-4-3-11-20(21)30-25(31)18-9-6-10-19(26)24(18)27/h3-13H,2,14-15H2,1H3,(H,28,33)(H,29,32). The molecule has 7 nitrogen and oxygen atoms in total. The molecule has 2 N–H and O–H groups in total. The first kappa shape index (κ1) is 23.6.